The fraction of sp³-hybridized carbons (Fsp3) is 0.500. The number of halogens is 4. The first kappa shape index (κ1) is 15.3. The van der Waals surface area contributed by atoms with Crippen LogP contribution in [0.1, 0.15) is 19.4 Å². The standard InChI is InChI=1S/C12H15BrF3NO/c1-11(2,18)7-17(3)10-6-8(13)4-5-9(10)12(14,15)16/h4-6,18H,7H2,1-3H3. The highest BCUT2D eigenvalue weighted by Gasteiger charge is 2.35. The first-order chi connectivity index (χ1) is 8.00. The van der Waals surface area contributed by atoms with Crippen LogP contribution in [-0.2, 0) is 6.18 Å². The Morgan fingerprint density at radius 2 is 1.83 bits per heavy atom. The summed E-state index contributed by atoms with van der Waals surface area (Å²) < 4.78 is 39.2. The molecule has 0 unspecified atom stereocenters. The number of anilines is 1. The predicted octanol–water partition coefficient (Wildman–Crippen LogP) is 3.68. The third-order valence-corrected chi connectivity index (χ3v) is 2.79. The number of alkyl halides is 3. The molecular formula is C12H15BrF3NO. The largest absolute Gasteiger partial charge is 0.418 e. The Morgan fingerprint density at radius 1 is 1.28 bits per heavy atom. The lowest BCUT2D eigenvalue weighted by atomic mass is 10.1. The minimum atomic E-state index is -4.41. The van der Waals surface area contributed by atoms with Crippen LogP contribution in [0.25, 0.3) is 0 Å². The Labute approximate surface area is 113 Å². The minimum Gasteiger partial charge on any atom is -0.389 e. The van der Waals surface area contributed by atoms with Crippen molar-refractivity contribution < 1.29 is 18.3 Å². The molecule has 0 spiro atoms. The quantitative estimate of drug-likeness (QED) is 0.916. The maximum atomic E-state index is 12.9. The number of aliphatic hydroxyl groups is 1. The van der Waals surface area contributed by atoms with Gasteiger partial charge < -0.3 is 10.0 Å². The third-order valence-electron chi connectivity index (χ3n) is 2.30. The van der Waals surface area contributed by atoms with E-state index in [4.69, 9.17) is 0 Å². The van der Waals surface area contributed by atoms with Crippen molar-refractivity contribution in [3.8, 4) is 0 Å². The van der Waals surface area contributed by atoms with Gasteiger partial charge in [0.2, 0.25) is 0 Å². The normalized spacial score (nSPS) is 12.7. The molecule has 1 rings (SSSR count). The van der Waals surface area contributed by atoms with Crippen molar-refractivity contribution in [1.82, 2.24) is 0 Å². The molecule has 1 aromatic rings. The molecule has 102 valence electrons. The van der Waals surface area contributed by atoms with Gasteiger partial charge >= 0.3 is 6.18 Å². The average Bonchev–Trinajstić information content (AvgIpc) is 2.12. The Hall–Kier alpha value is -0.750. The second-order valence-electron chi connectivity index (χ2n) is 4.83. The zero-order valence-electron chi connectivity index (χ0n) is 10.3. The molecular weight excluding hydrogens is 311 g/mol. The highest BCUT2D eigenvalue weighted by atomic mass is 79.9. The lowest BCUT2D eigenvalue weighted by Crippen LogP contribution is -2.37. The van der Waals surface area contributed by atoms with Gasteiger partial charge in [0.25, 0.3) is 0 Å². The fourth-order valence-electron chi connectivity index (χ4n) is 1.73. The molecule has 2 nitrogen and oxygen atoms in total. The predicted molar refractivity (Wildman–Crippen MR) is 68.7 cm³/mol. The molecule has 0 saturated heterocycles. The summed E-state index contributed by atoms with van der Waals surface area (Å²) in [5.74, 6) is 0. The lowest BCUT2D eigenvalue weighted by molar-refractivity contribution is -0.137. The molecule has 0 aliphatic rings. The summed E-state index contributed by atoms with van der Waals surface area (Å²) in [6.45, 7) is 3.20. The first-order valence-corrected chi connectivity index (χ1v) is 6.10. The molecule has 6 heteroatoms. The Bertz CT molecular complexity index is 426. The molecule has 0 radical (unpaired) electrons. The molecule has 0 aromatic heterocycles. The second-order valence-corrected chi connectivity index (χ2v) is 5.74. The molecule has 0 heterocycles. The van der Waals surface area contributed by atoms with Crippen LogP contribution in [-0.4, -0.2) is 24.3 Å². The van der Waals surface area contributed by atoms with Crippen LogP contribution < -0.4 is 4.90 Å². The van der Waals surface area contributed by atoms with Crippen LogP contribution in [0.3, 0.4) is 0 Å². The Morgan fingerprint density at radius 3 is 2.28 bits per heavy atom. The van der Waals surface area contributed by atoms with Crippen LogP contribution >= 0.6 is 15.9 Å². The van der Waals surface area contributed by atoms with E-state index in [0.717, 1.165) is 6.07 Å². The number of rotatable bonds is 3. The molecule has 18 heavy (non-hydrogen) atoms. The van der Waals surface area contributed by atoms with Crippen LogP contribution in [0, 0.1) is 0 Å². The van der Waals surface area contributed by atoms with Crippen molar-refractivity contribution >= 4 is 21.6 Å². The first-order valence-electron chi connectivity index (χ1n) is 5.31. The summed E-state index contributed by atoms with van der Waals surface area (Å²) in [5.41, 5.74) is -1.74. The highest BCUT2D eigenvalue weighted by Crippen LogP contribution is 2.38. The summed E-state index contributed by atoms with van der Waals surface area (Å²) in [6, 6.07) is 3.78. The SMILES string of the molecule is CN(CC(C)(C)O)c1cc(Br)ccc1C(F)(F)F. The number of hydrogen-bond donors (Lipinski definition) is 1. The van der Waals surface area contributed by atoms with Gasteiger partial charge in [-0.15, -0.1) is 0 Å². The van der Waals surface area contributed by atoms with E-state index in [1.807, 2.05) is 0 Å². The molecule has 1 N–H and O–H groups in total. The molecule has 0 bridgehead atoms. The number of benzene rings is 1. The summed E-state index contributed by atoms with van der Waals surface area (Å²) >= 11 is 3.15. The van der Waals surface area contributed by atoms with Gasteiger partial charge in [-0.1, -0.05) is 15.9 Å². The topological polar surface area (TPSA) is 23.5 Å². The molecule has 0 aliphatic heterocycles. The van der Waals surface area contributed by atoms with E-state index in [0.29, 0.717) is 4.47 Å². The number of nitrogens with zero attached hydrogens (tertiary/aromatic N) is 1. The zero-order valence-corrected chi connectivity index (χ0v) is 11.9. The number of hydrogen-bond acceptors (Lipinski definition) is 2. The van der Waals surface area contributed by atoms with Gasteiger partial charge in [-0.25, -0.2) is 0 Å². The van der Waals surface area contributed by atoms with Gasteiger partial charge in [-0.05, 0) is 32.0 Å². The molecule has 0 saturated carbocycles. The zero-order chi connectivity index (χ0) is 14.1. The van der Waals surface area contributed by atoms with Crippen molar-refractivity contribution in [2.75, 3.05) is 18.5 Å². The molecule has 0 atom stereocenters. The average molecular weight is 326 g/mol. The van der Waals surface area contributed by atoms with Crippen LogP contribution in [0.2, 0.25) is 0 Å². The van der Waals surface area contributed by atoms with E-state index in [1.54, 1.807) is 13.8 Å². The van der Waals surface area contributed by atoms with Gasteiger partial charge in [0, 0.05) is 23.8 Å². The third kappa shape index (κ3) is 4.17. The summed E-state index contributed by atoms with van der Waals surface area (Å²) in [6.07, 6.45) is -4.41. The van der Waals surface area contributed by atoms with Gasteiger partial charge in [0.1, 0.15) is 0 Å². The van der Waals surface area contributed by atoms with Gasteiger partial charge in [0.05, 0.1) is 11.2 Å². The van der Waals surface area contributed by atoms with Crippen LogP contribution in [0.4, 0.5) is 18.9 Å². The fourth-order valence-corrected chi connectivity index (χ4v) is 2.07. The van der Waals surface area contributed by atoms with Crippen LogP contribution in [0.5, 0.6) is 0 Å². The van der Waals surface area contributed by atoms with Gasteiger partial charge in [-0.2, -0.15) is 13.2 Å². The Kier molecular flexibility index (Phi) is 4.33. The monoisotopic (exact) mass is 325 g/mol. The lowest BCUT2D eigenvalue weighted by Gasteiger charge is -2.29. The highest BCUT2D eigenvalue weighted by molar-refractivity contribution is 9.10. The van der Waals surface area contributed by atoms with Crippen LogP contribution in [0.15, 0.2) is 22.7 Å². The van der Waals surface area contributed by atoms with Crippen molar-refractivity contribution in [3.05, 3.63) is 28.2 Å². The van der Waals surface area contributed by atoms with Crippen molar-refractivity contribution in [2.24, 2.45) is 0 Å². The van der Waals surface area contributed by atoms with E-state index in [9.17, 15) is 18.3 Å². The molecule has 0 amide bonds. The van der Waals surface area contributed by atoms with E-state index in [-0.39, 0.29) is 12.2 Å². The van der Waals surface area contributed by atoms with E-state index < -0.39 is 17.3 Å². The maximum Gasteiger partial charge on any atom is 0.418 e. The van der Waals surface area contributed by atoms with E-state index in [1.165, 1.54) is 24.1 Å². The summed E-state index contributed by atoms with van der Waals surface area (Å²) in [4.78, 5) is 1.40. The van der Waals surface area contributed by atoms with E-state index >= 15 is 0 Å². The summed E-state index contributed by atoms with van der Waals surface area (Å²) in [7, 11) is 1.52. The Balaban J connectivity index is 3.17. The smallest absolute Gasteiger partial charge is 0.389 e. The summed E-state index contributed by atoms with van der Waals surface area (Å²) in [5, 5.41) is 9.68. The minimum absolute atomic E-state index is 0.0407. The van der Waals surface area contributed by atoms with Crippen molar-refractivity contribution in [3.63, 3.8) is 0 Å². The van der Waals surface area contributed by atoms with E-state index in [2.05, 4.69) is 15.9 Å². The molecule has 0 aliphatic carbocycles. The van der Waals surface area contributed by atoms with Crippen molar-refractivity contribution in [2.45, 2.75) is 25.6 Å². The maximum absolute atomic E-state index is 12.9. The molecule has 0 fully saturated rings. The molecule has 1 aromatic carbocycles. The second kappa shape index (κ2) is 5.09. The van der Waals surface area contributed by atoms with Gasteiger partial charge in [0.15, 0.2) is 0 Å². The number of likely N-dealkylation sites (N-methyl/N-ethyl adjacent to an activating group) is 1. The van der Waals surface area contributed by atoms with Gasteiger partial charge in [-0.3, -0.25) is 0 Å². The van der Waals surface area contributed by atoms with Crippen molar-refractivity contribution in [1.29, 1.82) is 0 Å².